The van der Waals surface area contributed by atoms with Crippen LogP contribution in [0.15, 0.2) is 18.2 Å². The van der Waals surface area contributed by atoms with Crippen LogP contribution in [-0.4, -0.2) is 30.1 Å². The Morgan fingerprint density at radius 3 is 2.72 bits per heavy atom. The van der Waals surface area contributed by atoms with Crippen molar-refractivity contribution < 1.29 is 4.74 Å². The minimum atomic E-state index is 0.537. The van der Waals surface area contributed by atoms with E-state index in [0.717, 1.165) is 25.3 Å². The molecule has 1 rings (SSSR count). The van der Waals surface area contributed by atoms with E-state index in [4.69, 9.17) is 22.7 Å². The topological polar surface area (TPSA) is 38.5 Å². The van der Waals surface area contributed by atoms with E-state index in [1.807, 2.05) is 6.07 Å². The van der Waals surface area contributed by atoms with Gasteiger partial charge in [-0.25, -0.2) is 0 Å². The lowest BCUT2D eigenvalue weighted by molar-refractivity contribution is 0.297. The molecule has 0 heterocycles. The monoisotopic (exact) mass is 266 g/mol. The van der Waals surface area contributed by atoms with Gasteiger partial charge in [-0.1, -0.05) is 36.8 Å². The zero-order valence-electron chi connectivity index (χ0n) is 11.4. The van der Waals surface area contributed by atoms with Gasteiger partial charge in [0, 0.05) is 18.7 Å². The van der Waals surface area contributed by atoms with Gasteiger partial charge in [-0.15, -0.1) is 0 Å². The van der Waals surface area contributed by atoms with Crippen molar-refractivity contribution >= 4 is 17.2 Å². The minimum absolute atomic E-state index is 0.537. The smallest absolute Gasteiger partial charge is 0.123 e. The summed E-state index contributed by atoms with van der Waals surface area (Å²) in [5.41, 5.74) is 8.05. The zero-order chi connectivity index (χ0) is 13.5. The lowest BCUT2D eigenvalue weighted by Crippen LogP contribution is -2.33. The molecule has 0 saturated carbocycles. The highest BCUT2D eigenvalue weighted by molar-refractivity contribution is 7.80. The molecule has 2 N–H and O–H groups in total. The molecule has 0 radical (unpaired) electrons. The predicted molar refractivity (Wildman–Crippen MR) is 80.1 cm³/mol. The predicted octanol–water partition coefficient (Wildman–Crippen LogP) is 2.50. The van der Waals surface area contributed by atoms with Gasteiger partial charge in [0.15, 0.2) is 0 Å². The van der Waals surface area contributed by atoms with Crippen LogP contribution in [0, 0.1) is 6.92 Å². The standard InChI is InChI=1S/C14H22N2OS/c1-4-7-16(10-14(15)18)9-12-8-11(2)5-6-13(12)17-3/h5-6,8H,4,7,9-10H2,1-3H3,(H2,15,18). The van der Waals surface area contributed by atoms with Crippen LogP contribution in [-0.2, 0) is 6.54 Å². The number of aryl methyl sites for hydroxylation is 1. The van der Waals surface area contributed by atoms with Crippen LogP contribution in [0.25, 0.3) is 0 Å². The number of rotatable bonds is 7. The summed E-state index contributed by atoms with van der Waals surface area (Å²) in [6.07, 6.45) is 1.08. The maximum atomic E-state index is 5.64. The van der Waals surface area contributed by atoms with Crippen LogP contribution in [0.3, 0.4) is 0 Å². The molecule has 0 aliphatic rings. The maximum Gasteiger partial charge on any atom is 0.123 e. The lowest BCUT2D eigenvalue weighted by Gasteiger charge is -2.22. The van der Waals surface area contributed by atoms with Crippen LogP contribution in [0.4, 0.5) is 0 Å². The van der Waals surface area contributed by atoms with Gasteiger partial charge in [-0.3, -0.25) is 4.90 Å². The van der Waals surface area contributed by atoms with Gasteiger partial charge in [0.25, 0.3) is 0 Å². The second-order valence-electron chi connectivity index (χ2n) is 4.49. The van der Waals surface area contributed by atoms with Gasteiger partial charge in [0.05, 0.1) is 12.1 Å². The highest BCUT2D eigenvalue weighted by Crippen LogP contribution is 2.21. The zero-order valence-corrected chi connectivity index (χ0v) is 12.2. The second-order valence-corrected chi connectivity index (χ2v) is 5.02. The van der Waals surface area contributed by atoms with E-state index in [-0.39, 0.29) is 0 Å². The SMILES string of the molecule is CCCN(CC(N)=S)Cc1cc(C)ccc1OC. The molecule has 0 fully saturated rings. The normalized spacial score (nSPS) is 10.7. The molecule has 100 valence electrons. The first-order valence-electron chi connectivity index (χ1n) is 6.21. The molecule has 4 heteroatoms. The van der Waals surface area contributed by atoms with E-state index in [0.29, 0.717) is 11.5 Å². The number of nitrogens with zero attached hydrogens (tertiary/aromatic N) is 1. The van der Waals surface area contributed by atoms with Crippen molar-refractivity contribution in [2.45, 2.75) is 26.8 Å². The Morgan fingerprint density at radius 1 is 1.44 bits per heavy atom. The largest absolute Gasteiger partial charge is 0.496 e. The Hall–Kier alpha value is -1.13. The summed E-state index contributed by atoms with van der Waals surface area (Å²) in [5.74, 6) is 0.921. The molecular weight excluding hydrogens is 244 g/mol. The van der Waals surface area contributed by atoms with Crippen molar-refractivity contribution in [3.63, 3.8) is 0 Å². The van der Waals surface area contributed by atoms with Crippen LogP contribution in [0.1, 0.15) is 24.5 Å². The first kappa shape index (κ1) is 14.9. The van der Waals surface area contributed by atoms with E-state index >= 15 is 0 Å². The van der Waals surface area contributed by atoms with E-state index < -0.39 is 0 Å². The molecule has 18 heavy (non-hydrogen) atoms. The third kappa shape index (κ3) is 4.63. The first-order chi connectivity index (χ1) is 8.56. The third-order valence-corrected chi connectivity index (χ3v) is 2.88. The molecule has 0 aromatic heterocycles. The van der Waals surface area contributed by atoms with Crippen molar-refractivity contribution in [1.82, 2.24) is 4.90 Å². The molecule has 0 aliphatic heterocycles. The quantitative estimate of drug-likeness (QED) is 0.770. The molecule has 0 bridgehead atoms. The van der Waals surface area contributed by atoms with Gasteiger partial charge in [0.2, 0.25) is 0 Å². The fourth-order valence-corrected chi connectivity index (χ4v) is 2.21. The molecule has 0 spiro atoms. The number of thiocarbonyl (C=S) groups is 1. The fraction of sp³-hybridized carbons (Fsp3) is 0.500. The number of hydrogen-bond donors (Lipinski definition) is 1. The lowest BCUT2D eigenvalue weighted by atomic mass is 10.1. The second kappa shape index (κ2) is 7.34. The van der Waals surface area contributed by atoms with Crippen molar-refractivity contribution in [3.8, 4) is 5.75 Å². The van der Waals surface area contributed by atoms with E-state index in [1.165, 1.54) is 11.1 Å². The minimum Gasteiger partial charge on any atom is -0.496 e. The van der Waals surface area contributed by atoms with Crippen molar-refractivity contribution in [3.05, 3.63) is 29.3 Å². The van der Waals surface area contributed by atoms with Gasteiger partial charge >= 0.3 is 0 Å². The van der Waals surface area contributed by atoms with E-state index in [9.17, 15) is 0 Å². The Kier molecular flexibility index (Phi) is 6.09. The molecule has 1 aromatic carbocycles. The van der Waals surface area contributed by atoms with Gasteiger partial charge in [-0.2, -0.15) is 0 Å². The van der Waals surface area contributed by atoms with Gasteiger partial charge in [-0.05, 0) is 26.0 Å². The molecule has 1 aromatic rings. The number of hydrogen-bond acceptors (Lipinski definition) is 3. The first-order valence-corrected chi connectivity index (χ1v) is 6.61. The fourth-order valence-electron chi connectivity index (χ4n) is 2.02. The van der Waals surface area contributed by atoms with Gasteiger partial charge in [0.1, 0.15) is 5.75 Å². The molecule has 0 saturated heterocycles. The highest BCUT2D eigenvalue weighted by atomic mass is 32.1. The Balaban J connectivity index is 2.84. The molecule has 0 atom stereocenters. The van der Waals surface area contributed by atoms with E-state index in [2.05, 4.69) is 30.9 Å². The van der Waals surface area contributed by atoms with Crippen molar-refractivity contribution in [1.29, 1.82) is 0 Å². The summed E-state index contributed by atoms with van der Waals surface area (Å²) in [5, 5.41) is 0. The summed E-state index contributed by atoms with van der Waals surface area (Å²) in [4.78, 5) is 2.79. The van der Waals surface area contributed by atoms with Crippen molar-refractivity contribution in [2.75, 3.05) is 20.2 Å². The summed E-state index contributed by atoms with van der Waals surface area (Å²) < 4.78 is 5.39. The van der Waals surface area contributed by atoms with Gasteiger partial charge < -0.3 is 10.5 Å². The third-order valence-electron chi connectivity index (χ3n) is 2.75. The molecular formula is C14H22N2OS. The molecule has 0 unspecified atom stereocenters. The Labute approximate surface area is 115 Å². The average molecular weight is 266 g/mol. The maximum absolute atomic E-state index is 5.64. The van der Waals surface area contributed by atoms with Crippen molar-refractivity contribution in [2.24, 2.45) is 5.73 Å². The van der Waals surface area contributed by atoms with Crippen LogP contribution in [0.5, 0.6) is 5.75 Å². The molecule has 0 amide bonds. The Morgan fingerprint density at radius 2 is 2.17 bits per heavy atom. The Bertz CT molecular complexity index is 407. The number of methoxy groups -OCH3 is 1. The van der Waals surface area contributed by atoms with Crippen LogP contribution in [0.2, 0.25) is 0 Å². The average Bonchev–Trinajstić information content (AvgIpc) is 2.28. The highest BCUT2D eigenvalue weighted by Gasteiger charge is 2.10. The summed E-state index contributed by atoms with van der Waals surface area (Å²) >= 11 is 4.99. The summed E-state index contributed by atoms with van der Waals surface area (Å²) in [6.45, 7) is 6.69. The number of benzene rings is 1. The molecule has 3 nitrogen and oxygen atoms in total. The van der Waals surface area contributed by atoms with Crippen LogP contribution < -0.4 is 10.5 Å². The molecule has 0 aliphatic carbocycles. The summed E-state index contributed by atoms with van der Waals surface area (Å²) in [7, 11) is 1.70. The van der Waals surface area contributed by atoms with E-state index in [1.54, 1.807) is 7.11 Å². The summed E-state index contributed by atoms with van der Waals surface area (Å²) in [6, 6.07) is 6.22. The van der Waals surface area contributed by atoms with Crippen LogP contribution >= 0.6 is 12.2 Å². The number of nitrogens with two attached hydrogens (primary N) is 1. The number of ether oxygens (including phenoxy) is 1.